The van der Waals surface area contributed by atoms with Gasteiger partial charge in [-0.25, -0.2) is 4.79 Å². The van der Waals surface area contributed by atoms with Gasteiger partial charge in [0.2, 0.25) is 0 Å². The molecule has 3 aliphatic heterocycles. The van der Waals surface area contributed by atoms with Crippen molar-refractivity contribution in [3.63, 3.8) is 0 Å². The molecule has 0 radical (unpaired) electrons. The molecule has 10 N–H and O–H groups in total. The van der Waals surface area contributed by atoms with Gasteiger partial charge < -0.3 is 79.5 Å². The third kappa shape index (κ3) is 7.49. The smallest absolute Gasteiger partial charge is 0.335 e. The Kier molecular flexibility index (Phi) is 13.0. The van der Waals surface area contributed by atoms with E-state index in [0.717, 1.165) is 44.9 Å². The number of fused-ring (bicyclic) bond motifs is 7. The van der Waals surface area contributed by atoms with Crippen LogP contribution >= 0.6 is 0 Å². The molecular weight excluding hydrogens is 837 g/mol. The molecule has 0 aromatic rings. The van der Waals surface area contributed by atoms with Gasteiger partial charge in [0.05, 0.1) is 31.5 Å². The maximum absolute atomic E-state index is 12.4. The fraction of sp³-hybridized carbons (Fsp3) is 0.936. The average molecular weight is 913 g/mol. The van der Waals surface area contributed by atoms with Crippen LogP contribution in [0.4, 0.5) is 0 Å². The quantitative estimate of drug-likeness (QED) is 0.122. The number of aliphatic carboxylic acids is 1. The second-order valence-electron chi connectivity index (χ2n) is 23.2. The van der Waals surface area contributed by atoms with Crippen molar-refractivity contribution in [3.05, 3.63) is 11.6 Å². The van der Waals surface area contributed by atoms with Gasteiger partial charge >= 0.3 is 5.97 Å². The minimum atomic E-state index is -2.01. The van der Waals surface area contributed by atoms with Crippen LogP contribution in [0.2, 0.25) is 0 Å². The largest absolute Gasteiger partial charge is 0.479 e. The number of ether oxygens (including phenoxy) is 6. The Morgan fingerprint density at radius 2 is 1.38 bits per heavy atom. The zero-order valence-electron chi connectivity index (χ0n) is 38.7. The summed E-state index contributed by atoms with van der Waals surface area (Å²) in [5, 5.41) is 109. The lowest BCUT2D eigenvalue weighted by Gasteiger charge is -2.72. The van der Waals surface area contributed by atoms with Crippen molar-refractivity contribution in [1.82, 2.24) is 0 Å². The second-order valence-corrected chi connectivity index (χ2v) is 23.2. The molecule has 0 bridgehead atoms. The SMILES string of the molecule is C[C@@H]1O[C@@H](O[C@H]2[C@H](O[C@H]3[C@H](O[C@H]4CC[C@@]5(C)[C@H](CC[C@]6(C)[C@@H]5CC=C5[C@@H]7CC(C)(C)C[C@@H](O)[C@]7(C)CC[C@]56C)[C@@]4(C)CO)O[C@H](C(=O)O)[C@@H](O)[C@@H]3O)OC[C@H](O)[C@@H]2O)[C@H](O)[C@H](O)[C@H]1O. The molecule has 8 aliphatic rings. The Morgan fingerprint density at radius 1 is 0.703 bits per heavy atom. The standard InChI is InChI=1S/C47H76O17/c1-21-29(51)31(53)34(56)39(60-21)63-36-30(52)24(49)19-59-40(36)64-37-33(55)32(54)35(38(57)58)62-41(37)61-28-12-13-44(5)25(45(28,6)20-48)11-14-47(8)26(44)10-9-22-23-17-42(2,3)18-27(50)43(23,4)15-16-46(22,47)7/h9,21,23-37,39-41,48-56H,10-20H2,1-8H3,(H,57,58)/t21-,23-,24-,25-,26+,27+,28-,29-,30-,31+,32-,33-,34+,35-,36+,37+,39-,40-,41+,43+,44-,45+,46+,47+/m0/s1. The first kappa shape index (κ1) is 49.0. The third-order valence-electron chi connectivity index (χ3n) is 19.1. The first-order chi connectivity index (χ1) is 29.8. The summed E-state index contributed by atoms with van der Waals surface area (Å²) in [5.41, 5.74) is 0.0929. The normalized spacial score (nSPS) is 56.1. The van der Waals surface area contributed by atoms with Crippen LogP contribution in [0.3, 0.4) is 0 Å². The Hall–Kier alpha value is -1.39. The van der Waals surface area contributed by atoms with E-state index in [0.29, 0.717) is 18.8 Å². The van der Waals surface area contributed by atoms with Gasteiger partial charge in [-0.1, -0.05) is 60.1 Å². The highest BCUT2D eigenvalue weighted by atomic mass is 16.8. The predicted molar refractivity (Wildman–Crippen MR) is 225 cm³/mol. The van der Waals surface area contributed by atoms with E-state index in [1.165, 1.54) is 12.5 Å². The van der Waals surface area contributed by atoms with Crippen molar-refractivity contribution in [2.45, 2.75) is 211 Å². The fourth-order valence-electron chi connectivity index (χ4n) is 14.8. The van der Waals surface area contributed by atoms with Crippen molar-refractivity contribution in [2.24, 2.45) is 50.2 Å². The highest BCUT2D eigenvalue weighted by molar-refractivity contribution is 5.73. The van der Waals surface area contributed by atoms with Crippen LogP contribution in [0.25, 0.3) is 0 Å². The molecule has 3 saturated heterocycles. The summed E-state index contributed by atoms with van der Waals surface area (Å²) >= 11 is 0. The van der Waals surface area contributed by atoms with Gasteiger partial charge in [0.25, 0.3) is 0 Å². The maximum atomic E-state index is 12.4. The summed E-state index contributed by atoms with van der Waals surface area (Å²) in [4.78, 5) is 12.4. The highest BCUT2D eigenvalue weighted by Crippen LogP contribution is 2.76. The molecule has 24 atom stereocenters. The zero-order valence-corrected chi connectivity index (χ0v) is 38.7. The van der Waals surface area contributed by atoms with Gasteiger partial charge in [-0.2, -0.15) is 0 Å². The molecule has 4 saturated carbocycles. The van der Waals surface area contributed by atoms with Crippen molar-refractivity contribution in [2.75, 3.05) is 13.2 Å². The number of carbonyl (C=O) groups is 1. The molecule has 366 valence electrons. The maximum Gasteiger partial charge on any atom is 0.335 e. The number of aliphatic hydroxyl groups excluding tert-OH is 9. The first-order valence-corrected chi connectivity index (χ1v) is 23.7. The van der Waals surface area contributed by atoms with Crippen LogP contribution in [-0.4, -0.2) is 168 Å². The van der Waals surface area contributed by atoms with Crippen molar-refractivity contribution >= 4 is 5.97 Å². The van der Waals surface area contributed by atoms with E-state index in [1.807, 2.05) is 6.92 Å². The molecule has 0 spiro atoms. The molecule has 64 heavy (non-hydrogen) atoms. The lowest BCUT2D eigenvalue weighted by Crippen LogP contribution is -2.68. The average Bonchev–Trinajstić information content (AvgIpc) is 3.22. The predicted octanol–water partition coefficient (Wildman–Crippen LogP) is 1.34. The van der Waals surface area contributed by atoms with Gasteiger partial charge in [0.15, 0.2) is 25.0 Å². The minimum Gasteiger partial charge on any atom is -0.479 e. The zero-order chi connectivity index (χ0) is 46.9. The fourth-order valence-corrected chi connectivity index (χ4v) is 14.8. The summed E-state index contributed by atoms with van der Waals surface area (Å²) in [6.45, 7) is 16.8. The van der Waals surface area contributed by atoms with Gasteiger partial charge in [-0.15, -0.1) is 0 Å². The molecule has 5 aliphatic carbocycles. The van der Waals surface area contributed by atoms with Crippen LogP contribution < -0.4 is 0 Å². The molecular formula is C47H76O17. The Labute approximate surface area is 376 Å². The Morgan fingerprint density at radius 3 is 2.05 bits per heavy atom. The number of allylic oxidation sites excluding steroid dienone is 2. The number of carboxylic acid groups (broad SMARTS) is 1. The lowest BCUT2D eigenvalue weighted by molar-refractivity contribution is -0.387. The van der Waals surface area contributed by atoms with Crippen molar-refractivity contribution < 1.29 is 84.3 Å². The molecule has 0 aromatic carbocycles. The van der Waals surface area contributed by atoms with E-state index in [1.54, 1.807) is 0 Å². The lowest BCUT2D eigenvalue weighted by atomic mass is 9.33. The topological polar surface area (TPSA) is 275 Å². The molecule has 17 nitrogen and oxygen atoms in total. The summed E-state index contributed by atoms with van der Waals surface area (Å²) in [5.74, 6) is -1.05. The highest BCUT2D eigenvalue weighted by Gasteiger charge is 2.70. The molecule has 3 heterocycles. The molecule has 17 heteroatoms. The van der Waals surface area contributed by atoms with Gasteiger partial charge in [0.1, 0.15) is 54.9 Å². The van der Waals surface area contributed by atoms with Gasteiger partial charge in [0, 0.05) is 10.8 Å². The van der Waals surface area contributed by atoms with E-state index in [4.69, 9.17) is 28.4 Å². The summed E-state index contributed by atoms with van der Waals surface area (Å²) in [7, 11) is 0. The van der Waals surface area contributed by atoms with Gasteiger partial charge in [-0.05, 0) is 104 Å². The van der Waals surface area contributed by atoms with E-state index >= 15 is 0 Å². The number of carboxylic acids is 1. The summed E-state index contributed by atoms with van der Waals surface area (Å²) in [6.07, 6.45) is -14.5. The van der Waals surface area contributed by atoms with Crippen molar-refractivity contribution in [1.29, 1.82) is 0 Å². The molecule has 8 rings (SSSR count). The summed E-state index contributed by atoms with van der Waals surface area (Å²) < 4.78 is 36.1. The number of rotatable bonds is 8. The summed E-state index contributed by atoms with van der Waals surface area (Å²) in [6, 6.07) is 0. The molecule has 0 amide bonds. The molecule has 0 unspecified atom stereocenters. The van der Waals surface area contributed by atoms with Crippen LogP contribution in [0, 0.1) is 50.2 Å². The van der Waals surface area contributed by atoms with Gasteiger partial charge in [-0.3, -0.25) is 0 Å². The minimum absolute atomic E-state index is 0.0286. The monoisotopic (exact) mass is 913 g/mol. The number of hydrogen-bond acceptors (Lipinski definition) is 16. The Bertz CT molecular complexity index is 1760. The van der Waals surface area contributed by atoms with E-state index < -0.39 is 110 Å². The number of hydrogen-bond donors (Lipinski definition) is 10. The number of aliphatic hydroxyl groups is 9. The van der Waals surface area contributed by atoms with E-state index in [9.17, 15) is 55.9 Å². The Balaban J connectivity index is 1.06. The van der Waals surface area contributed by atoms with E-state index in [-0.39, 0.29) is 51.6 Å². The van der Waals surface area contributed by atoms with E-state index in [2.05, 4.69) is 47.6 Å². The van der Waals surface area contributed by atoms with Crippen LogP contribution in [0.15, 0.2) is 11.6 Å². The van der Waals surface area contributed by atoms with Crippen molar-refractivity contribution in [3.8, 4) is 0 Å². The van der Waals surface area contributed by atoms with Crippen LogP contribution in [-0.2, 0) is 33.2 Å². The van der Waals surface area contributed by atoms with Crippen LogP contribution in [0.5, 0.6) is 0 Å². The van der Waals surface area contributed by atoms with Crippen LogP contribution in [0.1, 0.15) is 113 Å². The third-order valence-corrected chi connectivity index (χ3v) is 19.1. The molecule has 7 fully saturated rings. The first-order valence-electron chi connectivity index (χ1n) is 23.7. The second kappa shape index (κ2) is 16.9. The molecule has 0 aromatic heterocycles.